The van der Waals surface area contributed by atoms with E-state index in [0.29, 0.717) is 5.70 Å². The van der Waals surface area contributed by atoms with E-state index >= 15 is 0 Å². The van der Waals surface area contributed by atoms with Gasteiger partial charge in [0, 0.05) is 11.6 Å². The fourth-order valence-corrected chi connectivity index (χ4v) is 2.28. The molecule has 16 heavy (non-hydrogen) atoms. The van der Waals surface area contributed by atoms with Gasteiger partial charge in [-0.1, -0.05) is 19.1 Å². The molecule has 1 saturated heterocycles. The van der Waals surface area contributed by atoms with Gasteiger partial charge >= 0.3 is 5.97 Å². The van der Waals surface area contributed by atoms with E-state index in [4.69, 9.17) is 5.11 Å². The number of hydrogen-bond acceptors (Lipinski definition) is 4. The summed E-state index contributed by atoms with van der Waals surface area (Å²) in [6.07, 6.45) is 2.45. The Morgan fingerprint density at radius 2 is 2.19 bits per heavy atom. The van der Waals surface area contributed by atoms with Crippen molar-refractivity contribution in [3.63, 3.8) is 0 Å². The molecule has 0 aromatic carbocycles. The van der Waals surface area contributed by atoms with Crippen LogP contribution in [-0.2, 0) is 4.79 Å². The molecule has 2 aliphatic rings. The van der Waals surface area contributed by atoms with E-state index in [9.17, 15) is 15.0 Å². The molecule has 0 spiro atoms. The average Bonchev–Trinajstić information content (AvgIpc) is 2.43. The van der Waals surface area contributed by atoms with Crippen LogP contribution in [0.25, 0.3) is 0 Å². The maximum atomic E-state index is 11.2. The third-order valence-electron chi connectivity index (χ3n) is 3.32. The molecule has 2 aliphatic heterocycles. The van der Waals surface area contributed by atoms with Gasteiger partial charge in [0.05, 0.1) is 6.54 Å². The van der Waals surface area contributed by atoms with Crippen molar-refractivity contribution in [1.29, 1.82) is 0 Å². The van der Waals surface area contributed by atoms with Crippen LogP contribution in [0.5, 0.6) is 0 Å². The van der Waals surface area contributed by atoms with Gasteiger partial charge in [0.1, 0.15) is 6.10 Å². The van der Waals surface area contributed by atoms with Gasteiger partial charge in [0.25, 0.3) is 0 Å². The van der Waals surface area contributed by atoms with Crippen molar-refractivity contribution in [2.45, 2.75) is 25.7 Å². The van der Waals surface area contributed by atoms with E-state index in [-0.39, 0.29) is 0 Å². The molecule has 0 aliphatic carbocycles. The van der Waals surface area contributed by atoms with E-state index in [2.05, 4.69) is 0 Å². The summed E-state index contributed by atoms with van der Waals surface area (Å²) in [7, 11) is 0. The first-order valence-electron chi connectivity index (χ1n) is 5.06. The fourth-order valence-electron chi connectivity index (χ4n) is 2.28. The minimum atomic E-state index is -2.07. The van der Waals surface area contributed by atoms with Crippen molar-refractivity contribution in [2.75, 3.05) is 0 Å². The van der Waals surface area contributed by atoms with Crippen molar-refractivity contribution >= 4 is 5.97 Å². The molecule has 0 saturated carbocycles. The number of allylic oxidation sites excluding steroid dienone is 2. The lowest BCUT2D eigenvalue weighted by Crippen LogP contribution is -2.52. The van der Waals surface area contributed by atoms with Crippen molar-refractivity contribution in [1.82, 2.24) is 4.90 Å². The Kier molecular flexibility index (Phi) is 2.32. The second-order valence-corrected chi connectivity index (χ2v) is 4.21. The molecule has 0 aromatic rings. The molecule has 3 N–H and O–H groups in total. The summed E-state index contributed by atoms with van der Waals surface area (Å²) in [5, 5.41) is 29.3. The quantitative estimate of drug-likeness (QED) is 0.587. The lowest BCUT2D eigenvalue weighted by molar-refractivity contribution is -0.180. The van der Waals surface area contributed by atoms with Crippen LogP contribution < -0.4 is 0 Å². The van der Waals surface area contributed by atoms with E-state index in [1.807, 2.05) is 0 Å². The third kappa shape index (κ3) is 1.15. The number of carboxylic acid groups (broad SMARTS) is 1. The average molecular weight is 224 g/mol. The first-order chi connectivity index (χ1) is 7.40. The first-order valence-corrected chi connectivity index (χ1v) is 5.06. The molecule has 87 valence electrons. The molecule has 1 fully saturated rings. The predicted octanol–water partition coefficient (Wildman–Crippen LogP) is 0.0778. The molecule has 5 heteroatoms. The highest BCUT2D eigenvalue weighted by atomic mass is 16.4. The monoisotopic (exact) mass is 224 g/mol. The number of rotatable bonds is 1. The largest absolute Gasteiger partial charge is 0.478 e. The molecular weight excluding hydrogens is 210 g/mol. The number of aliphatic hydroxyl groups excluding tert-OH is 1. The van der Waals surface area contributed by atoms with E-state index in [1.165, 1.54) is 18.4 Å². The Labute approximate surface area is 93.3 Å². The fraction of sp³-hybridized carbons (Fsp3) is 0.455. The standard InChI is InChI=1S/C11H14NO4/c1-6-4-3-5-12-8(6)9(13)7(2)11(12,16)10(14)15/h3-5,7,9,13,16H,1-2H3,(H,14,15)/t7-,9+,11?/m0/s1. The summed E-state index contributed by atoms with van der Waals surface area (Å²) in [6, 6.07) is 0. The van der Waals surface area contributed by atoms with Gasteiger partial charge in [-0.05, 0) is 12.5 Å². The van der Waals surface area contributed by atoms with Crippen LogP contribution in [0.3, 0.4) is 0 Å². The number of carbonyl (C=O) groups is 1. The summed E-state index contributed by atoms with van der Waals surface area (Å²) < 4.78 is 0. The number of hydrogen-bond donors (Lipinski definition) is 3. The van der Waals surface area contributed by atoms with Crippen molar-refractivity contribution in [3.8, 4) is 0 Å². The maximum Gasteiger partial charge on any atom is 0.357 e. The molecule has 5 nitrogen and oxygen atoms in total. The Balaban J connectivity index is 2.55. The van der Waals surface area contributed by atoms with Crippen molar-refractivity contribution < 1.29 is 20.1 Å². The van der Waals surface area contributed by atoms with Gasteiger partial charge in [-0.15, -0.1) is 0 Å². The first kappa shape index (κ1) is 11.2. The summed E-state index contributed by atoms with van der Waals surface area (Å²) in [5.74, 6) is -2.14. The molecule has 0 amide bonds. The van der Waals surface area contributed by atoms with Gasteiger partial charge < -0.3 is 20.2 Å². The van der Waals surface area contributed by atoms with Crippen LogP contribution in [-0.4, -0.2) is 38.0 Å². The number of fused-ring (bicyclic) bond motifs is 1. The highest BCUT2D eigenvalue weighted by Crippen LogP contribution is 2.43. The second kappa shape index (κ2) is 3.33. The Bertz CT molecular complexity index is 401. The van der Waals surface area contributed by atoms with Crippen molar-refractivity contribution in [2.24, 2.45) is 5.92 Å². The molecular formula is C11H14NO4. The number of aliphatic hydroxyl groups is 2. The third-order valence-corrected chi connectivity index (χ3v) is 3.32. The van der Waals surface area contributed by atoms with Crippen LogP contribution in [0.15, 0.2) is 23.4 Å². The van der Waals surface area contributed by atoms with Crippen LogP contribution in [0.1, 0.15) is 13.8 Å². The second-order valence-electron chi connectivity index (χ2n) is 4.21. The van der Waals surface area contributed by atoms with Gasteiger partial charge in [-0.2, -0.15) is 0 Å². The molecule has 2 heterocycles. The lowest BCUT2D eigenvalue weighted by Gasteiger charge is -2.34. The summed E-state index contributed by atoms with van der Waals surface area (Å²) >= 11 is 0. The van der Waals surface area contributed by atoms with E-state index in [0.717, 1.165) is 5.57 Å². The highest BCUT2D eigenvalue weighted by molar-refractivity contribution is 5.79. The molecule has 1 unspecified atom stereocenters. The van der Waals surface area contributed by atoms with E-state index in [1.54, 1.807) is 19.1 Å². The van der Waals surface area contributed by atoms with Crippen LogP contribution in [0, 0.1) is 12.5 Å². The summed E-state index contributed by atoms with van der Waals surface area (Å²) in [6.45, 7) is 4.77. The minimum absolute atomic E-state index is 0.458. The molecule has 3 atom stereocenters. The lowest BCUT2D eigenvalue weighted by atomic mass is 9.95. The smallest absolute Gasteiger partial charge is 0.357 e. The van der Waals surface area contributed by atoms with Gasteiger partial charge in [0.15, 0.2) is 0 Å². The van der Waals surface area contributed by atoms with Crippen LogP contribution >= 0.6 is 0 Å². The Morgan fingerprint density at radius 1 is 1.56 bits per heavy atom. The zero-order chi connectivity index (χ0) is 12.1. The Morgan fingerprint density at radius 3 is 2.75 bits per heavy atom. The number of aliphatic carboxylic acids is 1. The molecule has 0 bridgehead atoms. The topological polar surface area (TPSA) is 81.0 Å². The molecule has 2 rings (SSSR count). The molecule has 1 radical (unpaired) electrons. The summed E-state index contributed by atoms with van der Waals surface area (Å²) in [4.78, 5) is 12.4. The zero-order valence-electron chi connectivity index (χ0n) is 9.08. The predicted molar refractivity (Wildman–Crippen MR) is 55.7 cm³/mol. The Hall–Kier alpha value is -1.33. The molecule has 0 aromatic heterocycles. The minimum Gasteiger partial charge on any atom is -0.478 e. The number of carboxylic acids is 1. The highest BCUT2D eigenvalue weighted by Gasteiger charge is 2.58. The number of nitrogens with zero attached hydrogens (tertiary/aromatic N) is 1. The van der Waals surface area contributed by atoms with Gasteiger partial charge in [-0.3, -0.25) is 0 Å². The normalized spacial score (nSPS) is 37.9. The van der Waals surface area contributed by atoms with Crippen LogP contribution in [0.4, 0.5) is 0 Å². The van der Waals surface area contributed by atoms with Gasteiger partial charge in [0.2, 0.25) is 5.72 Å². The summed E-state index contributed by atoms with van der Waals surface area (Å²) in [5.41, 5.74) is -0.847. The van der Waals surface area contributed by atoms with Gasteiger partial charge in [-0.25, -0.2) is 4.79 Å². The van der Waals surface area contributed by atoms with Crippen molar-refractivity contribution in [3.05, 3.63) is 30.0 Å². The van der Waals surface area contributed by atoms with E-state index < -0.39 is 23.7 Å². The zero-order valence-corrected chi connectivity index (χ0v) is 9.08. The SMILES string of the molecule is CC1=C2[C@H](O)[C@H](C)C(O)(C(=O)O)N2[CH]C=C1. The maximum absolute atomic E-state index is 11.2. The van der Waals surface area contributed by atoms with Crippen LogP contribution in [0.2, 0.25) is 0 Å².